The van der Waals surface area contributed by atoms with Crippen LogP contribution in [-0.4, -0.2) is 34.6 Å². The van der Waals surface area contributed by atoms with Crippen LogP contribution in [0.4, 0.5) is 0 Å². The van der Waals surface area contributed by atoms with Crippen molar-refractivity contribution in [2.24, 2.45) is 5.92 Å². The molecule has 1 fully saturated rings. The van der Waals surface area contributed by atoms with Gasteiger partial charge in [-0.05, 0) is 39.5 Å². The van der Waals surface area contributed by atoms with Crippen LogP contribution < -0.4 is 0 Å². The van der Waals surface area contributed by atoms with Gasteiger partial charge in [-0.15, -0.1) is 0 Å². The van der Waals surface area contributed by atoms with E-state index in [0.717, 1.165) is 12.5 Å². The molecule has 0 aromatic carbocycles. The van der Waals surface area contributed by atoms with E-state index >= 15 is 0 Å². The van der Waals surface area contributed by atoms with E-state index in [0.29, 0.717) is 6.54 Å². The van der Waals surface area contributed by atoms with E-state index in [1.165, 1.54) is 38.5 Å². The molecule has 106 valence electrons. The van der Waals surface area contributed by atoms with Crippen LogP contribution in [0.2, 0.25) is 0 Å². The number of aliphatic carboxylic acids is 1. The fourth-order valence-electron chi connectivity index (χ4n) is 2.79. The molecule has 3 heteroatoms. The molecule has 1 aliphatic carbocycles. The highest BCUT2D eigenvalue weighted by Gasteiger charge is 2.25. The van der Waals surface area contributed by atoms with Crippen LogP contribution in [0.25, 0.3) is 0 Å². The molecule has 0 spiro atoms. The maximum absolute atomic E-state index is 10.8. The lowest BCUT2D eigenvalue weighted by molar-refractivity contribution is -0.137. The molecule has 0 amide bonds. The van der Waals surface area contributed by atoms with E-state index in [4.69, 9.17) is 5.11 Å². The summed E-state index contributed by atoms with van der Waals surface area (Å²) in [6.07, 6.45) is 8.34. The number of nitrogens with zero attached hydrogens (tertiary/aromatic N) is 1. The molecular formula is C15H29NO2. The van der Waals surface area contributed by atoms with Crippen LogP contribution in [0.1, 0.15) is 65.7 Å². The highest BCUT2D eigenvalue weighted by molar-refractivity contribution is 5.66. The van der Waals surface area contributed by atoms with Gasteiger partial charge in [0.2, 0.25) is 0 Å². The van der Waals surface area contributed by atoms with Gasteiger partial charge in [0.25, 0.3) is 0 Å². The quantitative estimate of drug-likeness (QED) is 0.764. The van der Waals surface area contributed by atoms with Crippen molar-refractivity contribution in [1.82, 2.24) is 4.90 Å². The molecule has 0 saturated heterocycles. The molecule has 0 bridgehead atoms. The van der Waals surface area contributed by atoms with Crippen LogP contribution in [-0.2, 0) is 4.79 Å². The van der Waals surface area contributed by atoms with Crippen molar-refractivity contribution in [2.45, 2.75) is 71.3 Å². The van der Waals surface area contributed by atoms with E-state index in [2.05, 4.69) is 25.7 Å². The van der Waals surface area contributed by atoms with Crippen molar-refractivity contribution in [1.29, 1.82) is 0 Å². The van der Waals surface area contributed by atoms with E-state index < -0.39 is 5.97 Å². The molecule has 0 aromatic heterocycles. The Hall–Kier alpha value is -0.570. The Bertz CT molecular complexity index is 250. The first kappa shape index (κ1) is 15.5. The van der Waals surface area contributed by atoms with Gasteiger partial charge in [0.1, 0.15) is 0 Å². The Kier molecular flexibility index (Phi) is 6.13. The molecule has 1 rings (SSSR count). The summed E-state index contributed by atoms with van der Waals surface area (Å²) in [4.78, 5) is 13.1. The SMILES string of the molecule is CC(C)(C)N(CCC(=O)O)CC1CCCCCC1. The van der Waals surface area contributed by atoms with E-state index in [-0.39, 0.29) is 12.0 Å². The minimum atomic E-state index is -0.690. The van der Waals surface area contributed by atoms with Gasteiger partial charge in [-0.25, -0.2) is 0 Å². The molecule has 1 aliphatic rings. The highest BCUT2D eigenvalue weighted by atomic mass is 16.4. The largest absolute Gasteiger partial charge is 0.481 e. The normalized spacial score (nSPS) is 18.9. The maximum atomic E-state index is 10.8. The maximum Gasteiger partial charge on any atom is 0.304 e. The fourth-order valence-corrected chi connectivity index (χ4v) is 2.79. The average molecular weight is 255 g/mol. The van der Waals surface area contributed by atoms with E-state index in [1.807, 2.05) is 0 Å². The minimum Gasteiger partial charge on any atom is -0.481 e. The Balaban J connectivity index is 2.51. The number of hydrogen-bond acceptors (Lipinski definition) is 2. The van der Waals surface area contributed by atoms with Gasteiger partial charge >= 0.3 is 5.97 Å². The predicted molar refractivity (Wildman–Crippen MR) is 74.8 cm³/mol. The molecule has 1 N–H and O–H groups in total. The van der Waals surface area contributed by atoms with Gasteiger partial charge in [0.15, 0.2) is 0 Å². The van der Waals surface area contributed by atoms with Gasteiger partial charge in [0.05, 0.1) is 6.42 Å². The molecule has 3 nitrogen and oxygen atoms in total. The molecule has 0 unspecified atom stereocenters. The molecule has 0 aromatic rings. The topological polar surface area (TPSA) is 40.5 Å². The van der Waals surface area contributed by atoms with Crippen LogP contribution in [0.15, 0.2) is 0 Å². The zero-order valence-corrected chi connectivity index (χ0v) is 12.2. The zero-order valence-electron chi connectivity index (χ0n) is 12.2. The number of carbonyl (C=O) groups is 1. The van der Waals surface area contributed by atoms with Crippen LogP contribution in [0.5, 0.6) is 0 Å². The van der Waals surface area contributed by atoms with Crippen LogP contribution >= 0.6 is 0 Å². The summed E-state index contributed by atoms with van der Waals surface area (Å²) in [6.45, 7) is 8.30. The van der Waals surface area contributed by atoms with Crippen molar-refractivity contribution in [2.75, 3.05) is 13.1 Å². The van der Waals surface area contributed by atoms with Gasteiger partial charge in [0, 0.05) is 18.6 Å². The van der Waals surface area contributed by atoms with Crippen molar-refractivity contribution in [3.63, 3.8) is 0 Å². The number of carboxylic acids is 1. The Morgan fingerprint density at radius 2 is 1.72 bits per heavy atom. The van der Waals surface area contributed by atoms with Crippen molar-refractivity contribution in [3.05, 3.63) is 0 Å². The summed E-state index contributed by atoms with van der Waals surface area (Å²) in [5.41, 5.74) is 0.0712. The van der Waals surface area contributed by atoms with Crippen LogP contribution in [0, 0.1) is 5.92 Å². The summed E-state index contributed by atoms with van der Waals surface area (Å²) in [5, 5.41) is 8.85. The van der Waals surface area contributed by atoms with E-state index in [9.17, 15) is 4.79 Å². The van der Waals surface area contributed by atoms with Gasteiger partial charge < -0.3 is 5.11 Å². The summed E-state index contributed by atoms with van der Waals surface area (Å²) in [7, 11) is 0. The summed E-state index contributed by atoms with van der Waals surface area (Å²) in [5.74, 6) is 0.0747. The number of hydrogen-bond donors (Lipinski definition) is 1. The van der Waals surface area contributed by atoms with Crippen LogP contribution in [0.3, 0.4) is 0 Å². The predicted octanol–water partition coefficient (Wildman–Crippen LogP) is 3.53. The third kappa shape index (κ3) is 5.85. The first-order chi connectivity index (χ1) is 8.39. The minimum absolute atomic E-state index is 0.0712. The van der Waals surface area contributed by atoms with Crippen molar-refractivity contribution >= 4 is 5.97 Å². The second-order valence-electron chi connectivity index (χ2n) is 6.62. The first-order valence-corrected chi connectivity index (χ1v) is 7.36. The standard InChI is InChI=1S/C15H29NO2/c1-15(2,3)16(11-10-14(17)18)12-13-8-6-4-5-7-9-13/h13H,4-12H2,1-3H3,(H,17,18). The average Bonchev–Trinajstić information content (AvgIpc) is 2.50. The highest BCUT2D eigenvalue weighted by Crippen LogP contribution is 2.26. The van der Waals surface area contributed by atoms with Gasteiger partial charge in [-0.1, -0.05) is 25.7 Å². The zero-order chi connectivity index (χ0) is 13.6. The molecule has 0 atom stereocenters. The second-order valence-corrected chi connectivity index (χ2v) is 6.62. The Morgan fingerprint density at radius 3 is 2.17 bits per heavy atom. The summed E-state index contributed by atoms with van der Waals surface area (Å²) < 4.78 is 0. The van der Waals surface area contributed by atoms with E-state index in [1.54, 1.807) is 0 Å². The lowest BCUT2D eigenvalue weighted by Gasteiger charge is -2.37. The number of carboxylic acid groups (broad SMARTS) is 1. The van der Waals surface area contributed by atoms with Gasteiger partial charge in [-0.3, -0.25) is 9.69 Å². The summed E-state index contributed by atoms with van der Waals surface area (Å²) >= 11 is 0. The van der Waals surface area contributed by atoms with Crippen molar-refractivity contribution < 1.29 is 9.90 Å². The Morgan fingerprint density at radius 1 is 1.17 bits per heavy atom. The Labute approximate surface area is 112 Å². The first-order valence-electron chi connectivity index (χ1n) is 7.36. The monoisotopic (exact) mass is 255 g/mol. The third-order valence-corrected chi connectivity index (χ3v) is 4.00. The molecule has 0 aliphatic heterocycles. The fraction of sp³-hybridized carbons (Fsp3) is 0.933. The lowest BCUT2D eigenvalue weighted by atomic mass is 9.96. The smallest absolute Gasteiger partial charge is 0.304 e. The molecule has 18 heavy (non-hydrogen) atoms. The third-order valence-electron chi connectivity index (χ3n) is 4.00. The molecular weight excluding hydrogens is 226 g/mol. The number of rotatable bonds is 5. The summed E-state index contributed by atoms with van der Waals surface area (Å²) in [6, 6.07) is 0. The molecule has 0 heterocycles. The van der Waals surface area contributed by atoms with Crippen molar-refractivity contribution in [3.8, 4) is 0 Å². The lowest BCUT2D eigenvalue weighted by Crippen LogP contribution is -2.45. The molecule has 0 radical (unpaired) electrons. The van der Waals surface area contributed by atoms with Gasteiger partial charge in [-0.2, -0.15) is 0 Å². The second kappa shape index (κ2) is 7.13. The molecule has 1 saturated carbocycles.